The fraction of sp³-hybridized carbons (Fsp3) is 0.846. The van der Waals surface area contributed by atoms with Crippen LogP contribution in [0.4, 0.5) is 0 Å². The molecule has 0 aromatic carbocycles. The summed E-state index contributed by atoms with van der Waals surface area (Å²) in [4.78, 5) is 2.46. The first-order valence-electron chi connectivity index (χ1n) is 6.25. The van der Waals surface area contributed by atoms with E-state index in [-0.39, 0.29) is 0 Å². The third kappa shape index (κ3) is 5.95. The van der Waals surface area contributed by atoms with Crippen molar-refractivity contribution in [1.82, 2.24) is 10.2 Å². The topological polar surface area (TPSA) is 15.3 Å². The lowest BCUT2D eigenvalue weighted by atomic mass is 9.94. The van der Waals surface area contributed by atoms with E-state index in [1.807, 2.05) is 0 Å². The summed E-state index contributed by atoms with van der Waals surface area (Å²) >= 11 is 0. The van der Waals surface area contributed by atoms with Crippen LogP contribution in [-0.2, 0) is 0 Å². The molecule has 0 aromatic rings. The zero-order valence-electron chi connectivity index (χ0n) is 10.5. The fourth-order valence-corrected chi connectivity index (χ4v) is 2.10. The molecule has 1 aliphatic carbocycles. The van der Waals surface area contributed by atoms with E-state index < -0.39 is 0 Å². The Bertz CT molecular complexity index is 187. The molecule has 0 saturated heterocycles. The maximum Gasteiger partial charge on any atom is 0.0104 e. The average Bonchev–Trinajstić information content (AvgIpc) is 2.18. The van der Waals surface area contributed by atoms with Gasteiger partial charge in [0.1, 0.15) is 0 Å². The molecular formula is C13H26N2. The van der Waals surface area contributed by atoms with Crippen molar-refractivity contribution >= 4 is 0 Å². The Morgan fingerprint density at radius 2 is 2.20 bits per heavy atom. The number of hydrogen-bond donors (Lipinski definition) is 1. The van der Waals surface area contributed by atoms with Crippen LogP contribution in [0.2, 0.25) is 0 Å². The van der Waals surface area contributed by atoms with E-state index in [0.717, 1.165) is 12.5 Å². The first kappa shape index (κ1) is 12.7. The van der Waals surface area contributed by atoms with Crippen molar-refractivity contribution in [3.8, 4) is 0 Å². The van der Waals surface area contributed by atoms with Crippen LogP contribution in [0, 0.1) is 5.92 Å². The van der Waals surface area contributed by atoms with Gasteiger partial charge in [0, 0.05) is 25.7 Å². The quantitative estimate of drug-likeness (QED) is 0.677. The van der Waals surface area contributed by atoms with Gasteiger partial charge in [-0.1, -0.05) is 26.0 Å². The molecule has 1 unspecified atom stereocenters. The van der Waals surface area contributed by atoms with E-state index in [2.05, 4.69) is 43.3 Å². The largest absolute Gasteiger partial charge is 0.313 e. The number of nitrogens with one attached hydrogen (secondary N) is 1. The molecule has 0 radical (unpaired) electrons. The molecule has 0 aliphatic heterocycles. The van der Waals surface area contributed by atoms with Crippen molar-refractivity contribution in [3.63, 3.8) is 0 Å². The number of rotatable bonds is 6. The second-order valence-electron chi connectivity index (χ2n) is 5.02. The second-order valence-corrected chi connectivity index (χ2v) is 5.02. The number of nitrogens with zero attached hydrogens (tertiary/aromatic N) is 1. The average molecular weight is 210 g/mol. The van der Waals surface area contributed by atoms with Crippen LogP contribution < -0.4 is 5.32 Å². The van der Waals surface area contributed by atoms with Crippen LogP contribution in [-0.4, -0.2) is 37.6 Å². The highest BCUT2D eigenvalue weighted by atomic mass is 15.1. The SMILES string of the molecule is CC(C)NCCN(C)CC1CC=CCC1. The number of hydrogen-bond acceptors (Lipinski definition) is 2. The molecule has 1 aliphatic rings. The molecule has 0 spiro atoms. The summed E-state index contributed by atoms with van der Waals surface area (Å²) in [6, 6.07) is 0.607. The van der Waals surface area contributed by atoms with Crippen molar-refractivity contribution in [2.75, 3.05) is 26.7 Å². The van der Waals surface area contributed by atoms with Crippen molar-refractivity contribution in [2.24, 2.45) is 5.92 Å². The zero-order valence-corrected chi connectivity index (χ0v) is 10.5. The van der Waals surface area contributed by atoms with Gasteiger partial charge in [0.25, 0.3) is 0 Å². The Kier molecular flexibility index (Phi) is 5.96. The van der Waals surface area contributed by atoms with E-state index in [1.165, 1.54) is 32.4 Å². The van der Waals surface area contributed by atoms with Crippen LogP contribution in [0.25, 0.3) is 0 Å². The molecule has 88 valence electrons. The maximum atomic E-state index is 3.46. The smallest absolute Gasteiger partial charge is 0.0104 e. The maximum absolute atomic E-state index is 3.46. The highest BCUT2D eigenvalue weighted by Gasteiger charge is 2.11. The molecule has 2 heteroatoms. The van der Waals surface area contributed by atoms with Gasteiger partial charge in [0.2, 0.25) is 0 Å². The van der Waals surface area contributed by atoms with Gasteiger partial charge in [-0.3, -0.25) is 0 Å². The van der Waals surface area contributed by atoms with Gasteiger partial charge in [-0.2, -0.15) is 0 Å². The highest BCUT2D eigenvalue weighted by Crippen LogP contribution is 2.18. The highest BCUT2D eigenvalue weighted by molar-refractivity contribution is 4.90. The van der Waals surface area contributed by atoms with Gasteiger partial charge in [-0.25, -0.2) is 0 Å². The summed E-state index contributed by atoms with van der Waals surface area (Å²) in [6.07, 6.45) is 8.59. The van der Waals surface area contributed by atoms with E-state index in [1.54, 1.807) is 0 Å². The molecule has 1 N–H and O–H groups in total. The normalized spacial score (nSPS) is 21.5. The summed E-state index contributed by atoms with van der Waals surface area (Å²) in [5, 5.41) is 3.46. The lowest BCUT2D eigenvalue weighted by molar-refractivity contribution is 0.263. The van der Waals surface area contributed by atoms with Crippen molar-refractivity contribution < 1.29 is 0 Å². The Morgan fingerprint density at radius 3 is 2.80 bits per heavy atom. The van der Waals surface area contributed by atoms with Crippen LogP contribution in [0.3, 0.4) is 0 Å². The Morgan fingerprint density at radius 1 is 1.40 bits per heavy atom. The molecule has 0 bridgehead atoms. The van der Waals surface area contributed by atoms with E-state index >= 15 is 0 Å². The van der Waals surface area contributed by atoms with Crippen LogP contribution in [0.5, 0.6) is 0 Å². The van der Waals surface area contributed by atoms with Crippen LogP contribution in [0.15, 0.2) is 12.2 Å². The monoisotopic (exact) mass is 210 g/mol. The minimum atomic E-state index is 0.607. The van der Waals surface area contributed by atoms with Crippen molar-refractivity contribution in [1.29, 1.82) is 0 Å². The summed E-state index contributed by atoms with van der Waals surface area (Å²) in [5.74, 6) is 0.888. The van der Waals surface area contributed by atoms with Gasteiger partial charge in [-0.15, -0.1) is 0 Å². The summed E-state index contributed by atoms with van der Waals surface area (Å²) < 4.78 is 0. The van der Waals surface area contributed by atoms with Gasteiger partial charge in [0.15, 0.2) is 0 Å². The summed E-state index contributed by atoms with van der Waals surface area (Å²) in [5.41, 5.74) is 0. The van der Waals surface area contributed by atoms with Crippen molar-refractivity contribution in [3.05, 3.63) is 12.2 Å². The van der Waals surface area contributed by atoms with Crippen LogP contribution in [0.1, 0.15) is 33.1 Å². The minimum Gasteiger partial charge on any atom is -0.313 e. The Labute approximate surface area is 94.7 Å². The second kappa shape index (κ2) is 7.02. The Hall–Kier alpha value is -0.340. The van der Waals surface area contributed by atoms with E-state index in [0.29, 0.717) is 6.04 Å². The molecule has 0 heterocycles. The molecule has 0 saturated carbocycles. The van der Waals surface area contributed by atoms with Gasteiger partial charge in [0.05, 0.1) is 0 Å². The lowest BCUT2D eigenvalue weighted by Crippen LogP contribution is -2.35. The van der Waals surface area contributed by atoms with Crippen LogP contribution >= 0.6 is 0 Å². The van der Waals surface area contributed by atoms with Crippen molar-refractivity contribution in [2.45, 2.75) is 39.2 Å². The molecule has 1 atom stereocenters. The summed E-state index contributed by atoms with van der Waals surface area (Å²) in [7, 11) is 2.24. The van der Waals surface area contributed by atoms with E-state index in [9.17, 15) is 0 Å². The molecule has 0 amide bonds. The number of likely N-dealkylation sites (N-methyl/N-ethyl adjacent to an activating group) is 1. The zero-order chi connectivity index (χ0) is 11.1. The molecule has 0 fully saturated rings. The predicted molar refractivity (Wildman–Crippen MR) is 67.1 cm³/mol. The van der Waals surface area contributed by atoms with Gasteiger partial charge in [-0.05, 0) is 32.2 Å². The Balaban J connectivity index is 2.07. The first-order chi connectivity index (χ1) is 7.18. The minimum absolute atomic E-state index is 0.607. The molecule has 1 rings (SSSR count). The predicted octanol–water partition coefficient (Wildman–Crippen LogP) is 2.27. The molecule has 0 aromatic heterocycles. The molecular weight excluding hydrogens is 184 g/mol. The summed E-state index contributed by atoms with van der Waals surface area (Å²) in [6.45, 7) is 7.93. The molecule has 15 heavy (non-hydrogen) atoms. The standard InChI is InChI=1S/C13H26N2/c1-12(2)14-9-10-15(3)11-13-7-5-4-6-8-13/h4-5,12-14H,6-11H2,1-3H3. The van der Waals surface area contributed by atoms with E-state index in [4.69, 9.17) is 0 Å². The third-order valence-electron chi connectivity index (χ3n) is 2.99. The first-order valence-corrected chi connectivity index (χ1v) is 6.25. The third-order valence-corrected chi connectivity index (χ3v) is 2.99. The van der Waals surface area contributed by atoms with Gasteiger partial charge < -0.3 is 10.2 Å². The fourth-order valence-electron chi connectivity index (χ4n) is 2.10. The number of allylic oxidation sites excluding steroid dienone is 2. The molecule has 2 nitrogen and oxygen atoms in total. The van der Waals surface area contributed by atoms with Gasteiger partial charge >= 0.3 is 0 Å². The lowest BCUT2D eigenvalue weighted by Gasteiger charge is -2.25.